The quantitative estimate of drug-likeness (QED) is 0.603. The predicted molar refractivity (Wildman–Crippen MR) is 68.7 cm³/mol. The average molecular weight is 231 g/mol. The van der Waals surface area contributed by atoms with Gasteiger partial charge in [-0.25, -0.2) is 0 Å². The molecule has 90 valence electrons. The Labute approximate surface area is 102 Å². The van der Waals surface area contributed by atoms with Crippen molar-refractivity contribution >= 4 is 11.6 Å². The van der Waals surface area contributed by atoms with Crippen molar-refractivity contribution in [3.05, 3.63) is 29.8 Å². The molecule has 0 saturated heterocycles. The molecule has 0 unspecified atom stereocenters. The number of ether oxygens (including phenoxy) is 1. The molecule has 3 nitrogen and oxygen atoms in total. The second-order valence-electron chi connectivity index (χ2n) is 3.57. The summed E-state index contributed by atoms with van der Waals surface area (Å²) >= 11 is 0. The third-order valence-electron chi connectivity index (χ3n) is 2.21. The van der Waals surface area contributed by atoms with Gasteiger partial charge in [-0.05, 0) is 31.5 Å². The van der Waals surface area contributed by atoms with Gasteiger partial charge >= 0.3 is 0 Å². The van der Waals surface area contributed by atoms with E-state index in [9.17, 15) is 4.79 Å². The summed E-state index contributed by atoms with van der Waals surface area (Å²) in [5.74, 6) is 2.51. The number of nitrogens with one attached hydrogen (secondary N) is 1. The van der Waals surface area contributed by atoms with Gasteiger partial charge in [0.05, 0.1) is 0 Å². The lowest BCUT2D eigenvalue weighted by Crippen LogP contribution is -2.12. The van der Waals surface area contributed by atoms with Crippen LogP contribution in [0.15, 0.2) is 24.3 Å². The Morgan fingerprint density at radius 3 is 3.06 bits per heavy atom. The van der Waals surface area contributed by atoms with Crippen LogP contribution in [-0.2, 0) is 9.53 Å². The van der Waals surface area contributed by atoms with E-state index in [4.69, 9.17) is 11.2 Å². The topological polar surface area (TPSA) is 38.3 Å². The van der Waals surface area contributed by atoms with E-state index in [0.717, 1.165) is 17.7 Å². The number of anilines is 1. The molecule has 0 aromatic heterocycles. The number of terminal acetylenes is 1. The van der Waals surface area contributed by atoms with Crippen LogP contribution in [0.5, 0.6) is 0 Å². The van der Waals surface area contributed by atoms with Gasteiger partial charge in [-0.15, -0.1) is 6.42 Å². The lowest BCUT2D eigenvalue weighted by atomic mass is 10.2. The molecule has 17 heavy (non-hydrogen) atoms. The van der Waals surface area contributed by atoms with E-state index in [0.29, 0.717) is 19.6 Å². The lowest BCUT2D eigenvalue weighted by molar-refractivity contribution is -0.116. The summed E-state index contributed by atoms with van der Waals surface area (Å²) in [7, 11) is 0. The van der Waals surface area contributed by atoms with Crippen molar-refractivity contribution in [1.29, 1.82) is 0 Å². The van der Waals surface area contributed by atoms with Crippen molar-refractivity contribution < 1.29 is 9.53 Å². The van der Waals surface area contributed by atoms with Crippen molar-refractivity contribution in [1.82, 2.24) is 0 Å². The van der Waals surface area contributed by atoms with Gasteiger partial charge in [0.25, 0.3) is 0 Å². The molecule has 1 aromatic carbocycles. The van der Waals surface area contributed by atoms with Gasteiger partial charge in [0.2, 0.25) is 5.91 Å². The number of hydrogen-bond donors (Lipinski definition) is 1. The molecule has 3 heteroatoms. The van der Waals surface area contributed by atoms with Crippen LogP contribution >= 0.6 is 0 Å². The van der Waals surface area contributed by atoms with Gasteiger partial charge in [-0.2, -0.15) is 0 Å². The van der Waals surface area contributed by atoms with Crippen LogP contribution in [0.4, 0.5) is 5.69 Å². The highest BCUT2D eigenvalue weighted by Gasteiger charge is 2.02. The maximum absolute atomic E-state index is 11.6. The van der Waals surface area contributed by atoms with Gasteiger partial charge in [0.15, 0.2) is 0 Å². The van der Waals surface area contributed by atoms with Crippen LogP contribution < -0.4 is 5.32 Å². The fraction of sp³-hybridized carbons (Fsp3) is 0.357. The van der Waals surface area contributed by atoms with Crippen LogP contribution in [-0.4, -0.2) is 19.1 Å². The van der Waals surface area contributed by atoms with Gasteiger partial charge in [-0.3, -0.25) is 4.79 Å². The second-order valence-corrected chi connectivity index (χ2v) is 3.57. The summed E-state index contributed by atoms with van der Waals surface area (Å²) in [6, 6.07) is 7.25. The average Bonchev–Trinajstić information content (AvgIpc) is 2.35. The molecule has 0 aliphatic heterocycles. The van der Waals surface area contributed by atoms with Crippen molar-refractivity contribution in [2.24, 2.45) is 0 Å². The SMILES string of the molecule is C#Cc1cccc(NC(=O)CCCOCC)c1. The minimum Gasteiger partial charge on any atom is -0.382 e. The highest BCUT2D eigenvalue weighted by molar-refractivity contribution is 5.90. The Morgan fingerprint density at radius 2 is 2.35 bits per heavy atom. The highest BCUT2D eigenvalue weighted by Crippen LogP contribution is 2.10. The fourth-order valence-electron chi connectivity index (χ4n) is 1.39. The first kappa shape index (κ1) is 13.3. The first-order valence-corrected chi connectivity index (χ1v) is 5.70. The molecule has 0 fully saturated rings. The maximum Gasteiger partial charge on any atom is 0.224 e. The molecular formula is C14H17NO2. The van der Waals surface area contributed by atoms with E-state index >= 15 is 0 Å². The van der Waals surface area contributed by atoms with Crippen LogP contribution in [0.25, 0.3) is 0 Å². The van der Waals surface area contributed by atoms with E-state index in [2.05, 4.69) is 11.2 Å². The monoisotopic (exact) mass is 231 g/mol. The largest absolute Gasteiger partial charge is 0.382 e. The summed E-state index contributed by atoms with van der Waals surface area (Å²) in [4.78, 5) is 11.6. The van der Waals surface area contributed by atoms with E-state index in [1.54, 1.807) is 6.07 Å². The molecular weight excluding hydrogens is 214 g/mol. The Kier molecular flexibility index (Phi) is 5.84. The molecule has 1 rings (SSSR count). The molecule has 1 N–H and O–H groups in total. The molecule has 0 aliphatic carbocycles. The molecule has 1 aromatic rings. The Balaban J connectivity index is 2.37. The van der Waals surface area contributed by atoms with E-state index in [-0.39, 0.29) is 5.91 Å². The van der Waals surface area contributed by atoms with Crippen molar-refractivity contribution in [2.75, 3.05) is 18.5 Å². The zero-order valence-corrected chi connectivity index (χ0v) is 10.0. The standard InChI is InChI=1S/C14H17NO2/c1-3-12-7-5-8-13(11-12)15-14(16)9-6-10-17-4-2/h1,5,7-8,11H,4,6,9-10H2,2H3,(H,15,16). The summed E-state index contributed by atoms with van der Waals surface area (Å²) in [5, 5.41) is 2.80. The highest BCUT2D eigenvalue weighted by atomic mass is 16.5. The molecule has 0 aliphatic rings. The second kappa shape index (κ2) is 7.48. The Bertz CT molecular complexity index is 407. The number of carbonyl (C=O) groups excluding carboxylic acids is 1. The fourth-order valence-corrected chi connectivity index (χ4v) is 1.39. The van der Waals surface area contributed by atoms with Crippen molar-refractivity contribution in [3.63, 3.8) is 0 Å². The van der Waals surface area contributed by atoms with Crippen molar-refractivity contribution in [2.45, 2.75) is 19.8 Å². The van der Waals surface area contributed by atoms with Crippen LogP contribution in [0, 0.1) is 12.3 Å². The van der Waals surface area contributed by atoms with Gasteiger partial charge < -0.3 is 10.1 Å². The maximum atomic E-state index is 11.6. The smallest absolute Gasteiger partial charge is 0.224 e. The number of rotatable bonds is 6. The molecule has 0 heterocycles. The molecule has 0 saturated carbocycles. The minimum absolute atomic E-state index is 0.0149. The number of benzene rings is 1. The van der Waals surface area contributed by atoms with Crippen LogP contribution in [0.2, 0.25) is 0 Å². The van der Waals surface area contributed by atoms with Crippen LogP contribution in [0.1, 0.15) is 25.3 Å². The third kappa shape index (κ3) is 5.19. The van der Waals surface area contributed by atoms with Crippen molar-refractivity contribution in [3.8, 4) is 12.3 Å². The van der Waals surface area contributed by atoms with Crippen LogP contribution in [0.3, 0.4) is 0 Å². The normalized spacial score (nSPS) is 9.65. The summed E-state index contributed by atoms with van der Waals surface area (Å²) in [5.41, 5.74) is 1.50. The zero-order chi connectivity index (χ0) is 12.5. The summed E-state index contributed by atoms with van der Waals surface area (Å²) < 4.78 is 5.16. The van der Waals surface area contributed by atoms with Gasteiger partial charge in [0, 0.05) is 30.9 Å². The predicted octanol–water partition coefficient (Wildman–Crippen LogP) is 2.42. The Morgan fingerprint density at radius 1 is 1.53 bits per heavy atom. The zero-order valence-electron chi connectivity index (χ0n) is 10.0. The number of hydrogen-bond acceptors (Lipinski definition) is 2. The molecule has 0 spiro atoms. The van der Waals surface area contributed by atoms with Gasteiger partial charge in [-0.1, -0.05) is 12.0 Å². The molecule has 0 bridgehead atoms. The molecule has 1 amide bonds. The van der Waals surface area contributed by atoms with E-state index < -0.39 is 0 Å². The lowest BCUT2D eigenvalue weighted by Gasteiger charge is -2.05. The molecule has 0 radical (unpaired) electrons. The van der Waals surface area contributed by atoms with Gasteiger partial charge in [0.1, 0.15) is 0 Å². The summed E-state index contributed by atoms with van der Waals surface area (Å²) in [6.07, 6.45) is 6.47. The van der Waals surface area contributed by atoms with E-state index in [1.165, 1.54) is 0 Å². The summed E-state index contributed by atoms with van der Waals surface area (Å²) in [6.45, 7) is 3.24. The minimum atomic E-state index is -0.0149. The molecule has 0 atom stereocenters. The third-order valence-corrected chi connectivity index (χ3v) is 2.21. The first-order valence-electron chi connectivity index (χ1n) is 5.70. The van der Waals surface area contributed by atoms with E-state index in [1.807, 2.05) is 25.1 Å². The number of amides is 1. The first-order chi connectivity index (χ1) is 8.26. The Hall–Kier alpha value is -1.79. The number of carbonyl (C=O) groups is 1.